The molecule has 0 radical (unpaired) electrons. The molecule has 1 aliphatic heterocycles. The molecule has 2 rings (SSSR count). The summed E-state index contributed by atoms with van der Waals surface area (Å²) < 4.78 is 24.3. The molecule has 0 amide bonds. The summed E-state index contributed by atoms with van der Waals surface area (Å²) in [6, 6.07) is 0. The number of rotatable bonds is 2. The van der Waals surface area contributed by atoms with Gasteiger partial charge in [-0.1, -0.05) is 37.1 Å². The normalized spacial score (nSPS) is 34.6. The molecular formula is C15H24O3S. The van der Waals surface area contributed by atoms with Crippen molar-refractivity contribution in [1.82, 2.24) is 0 Å². The molecule has 3 nitrogen and oxygen atoms in total. The first-order valence-electron chi connectivity index (χ1n) is 6.90. The van der Waals surface area contributed by atoms with Gasteiger partial charge in [-0.2, -0.15) is 0 Å². The fraction of sp³-hybridized carbons (Fsp3) is 0.733. The number of allylic oxidation sites excluding steroid dienone is 1. The highest BCUT2D eigenvalue weighted by Crippen LogP contribution is 2.45. The van der Waals surface area contributed by atoms with Crippen molar-refractivity contribution in [3.8, 4) is 0 Å². The van der Waals surface area contributed by atoms with E-state index in [-0.39, 0.29) is 17.1 Å². The van der Waals surface area contributed by atoms with Crippen LogP contribution in [0.15, 0.2) is 23.3 Å². The van der Waals surface area contributed by atoms with Crippen molar-refractivity contribution in [3.63, 3.8) is 0 Å². The van der Waals surface area contributed by atoms with Crippen LogP contribution < -0.4 is 0 Å². The fourth-order valence-electron chi connectivity index (χ4n) is 3.71. The van der Waals surface area contributed by atoms with Gasteiger partial charge in [0.2, 0.25) is 0 Å². The van der Waals surface area contributed by atoms with Crippen LogP contribution in [0.5, 0.6) is 0 Å². The molecular weight excluding hydrogens is 260 g/mol. The van der Waals surface area contributed by atoms with Crippen LogP contribution in [-0.4, -0.2) is 30.6 Å². The lowest BCUT2D eigenvalue weighted by molar-refractivity contribution is 0.0494. The molecule has 108 valence electrons. The van der Waals surface area contributed by atoms with Crippen molar-refractivity contribution in [3.05, 3.63) is 23.3 Å². The molecule has 3 unspecified atom stereocenters. The van der Waals surface area contributed by atoms with Crippen LogP contribution in [0.1, 0.15) is 40.5 Å². The van der Waals surface area contributed by atoms with Crippen LogP contribution >= 0.6 is 0 Å². The monoisotopic (exact) mass is 284 g/mol. The second kappa shape index (κ2) is 4.74. The smallest absolute Gasteiger partial charge is 0.163 e. The van der Waals surface area contributed by atoms with E-state index in [1.165, 1.54) is 0 Å². The predicted molar refractivity (Wildman–Crippen MR) is 77.6 cm³/mol. The lowest BCUT2D eigenvalue weighted by Crippen LogP contribution is -2.45. The first kappa shape index (κ1) is 14.8. The van der Waals surface area contributed by atoms with Gasteiger partial charge in [0, 0.05) is 5.92 Å². The van der Waals surface area contributed by atoms with Crippen molar-refractivity contribution in [2.24, 2.45) is 11.3 Å². The zero-order valence-electron chi connectivity index (χ0n) is 12.2. The van der Waals surface area contributed by atoms with Crippen molar-refractivity contribution < 1.29 is 13.5 Å². The van der Waals surface area contributed by atoms with Gasteiger partial charge in [0.15, 0.2) is 9.84 Å². The molecule has 0 spiro atoms. The molecule has 2 aliphatic rings. The molecule has 19 heavy (non-hydrogen) atoms. The Morgan fingerprint density at radius 3 is 2.37 bits per heavy atom. The van der Waals surface area contributed by atoms with Crippen LogP contribution in [-0.2, 0) is 9.84 Å². The van der Waals surface area contributed by atoms with Crippen molar-refractivity contribution in [1.29, 1.82) is 0 Å². The predicted octanol–water partition coefficient (Wildman–Crippen LogP) is 2.47. The second-order valence-electron chi connectivity index (χ2n) is 6.64. The maximum atomic E-state index is 12.1. The van der Waals surface area contributed by atoms with Crippen LogP contribution in [0.4, 0.5) is 0 Å². The SMILES string of the molecule is CC1=CCCC(C)(C)C1C(O)C1C(C)=CCS1(=O)=O. The van der Waals surface area contributed by atoms with Gasteiger partial charge in [-0.15, -0.1) is 0 Å². The minimum Gasteiger partial charge on any atom is -0.391 e. The summed E-state index contributed by atoms with van der Waals surface area (Å²) in [5, 5.41) is 10.0. The van der Waals surface area contributed by atoms with Gasteiger partial charge < -0.3 is 5.11 Å². The summed E-state index contributed by atoms with van der Waals surface area (Å²) in [5.74, 6) is -0.0151. The van der Waals surface area contributed by atoms with E-state index in [0.717, 1.165) is 24.0 Å². The topological polar surface area (TPSA) is 54.4 Å². The molecule has 0 aromatic carbocycles. The summed E-state index contributed by atoms with van der Waals surface area (Å²) in [7, 11) is -3.23. The number of hydrogen-bond acceptors (Lipinski definition) is 3. The van der Waals surface area contributed by atoms with E-state index < -0.39 is 21.2 Å². The van der Waals surface area contributed by atoms with Gasteiger partial charge in [-0.3, -0.25) is 0 Å². The first-order chi connectivity index (χ1) is 8.67. The highest BCUT2D eigenvalue weighted by Gasteiger charge is 2.46. The van der Waals surface area contributed by atoms with E-state index in [4.69, 9.17) is 0 Å². The molecule has 1 aliphatic carbocycles. The first-order valence-corrected chi connectivity index (χ1v) is 8.61. The summed E-state index contributed by atoms with van der Waals surface area (Å²) in [5.41, 5.74) is 1.86. The van der Waals surface area contributed by atoms with E-state index in [2.05, 4.69) is 19.9 Å². The van der Waals surface area contributed by atoms with Crippen LogP contribution in [0.3, 0.4) is 0 Å². The minimum absolute atomic E-state index is 0.0589. The van der Waals surface area contributed by atoms with Crippen LogP contribution in [0.25, 0.3) is 0 Å². The Labute approximate surface area is 116 Å². The van der Waals surface area contributed by atoms with E-state index in [1.807, 2.05) is 13.8 Å². The summed E-state index contributed by atoms with van der Waals surface area (Å²) in [6.07, 6.45) is 5.03. The third kappa shape index (κ3) is 2.52. The van der Waals surface area contributed by atoms with E-state index in [9.17, 15) is 13.5 Å². The maximum Gasteiger partial charge on any atom is 0.163 e. The molecule has 0 bridgehead atoms. The molecule has 0 aromatic heterocycles. The zero-order chi connectivity index (χ0) is 14.4. The number of aliphatic hydroxyl groups excluding tert-OH is 1. The van der Waals surface area contributed by atoms with Gasteiger partial charge in [-0.25, -0.2) is 8.42 Å². The van der Waals surface area contributed by atoms with Crippen LogP contribution in [0.2, 0.25) is 0 Å². The van der Waals surface area contributed by atoms with Gasteiger partial charge in [0.05, 0.1) is 11.9 Å². The molecule has 4 heteroatoms. The Kier molecular flexibility index (Phi) is 3.69. The molecule has 0 aromatic rings. The standard InChI is InChI=1S/C15H24O3S/c1-10-6-5-8-15(3,4)12(10)13(16)14-11(2)7-9-19(14,17)18/h6-7,12-14,16H,5,8-9H2,1-4H3. The molecule has 3 atom stereocenters. The summed E-state index contributed by atoms with van der Waals surface area (Å²) >= 11 is 0. The van der Waals surface area contributed by atoms with Crippen molar-refractivity contribution in [2.75, 3.05) is 5.75 Å². The van der Waals surface area contributed by atoms with E-state index >= 15 is 0 Å². The Balaban J connectivity index is 2.38. The quantitative estimate of drug-likeness (QED) is 0.793. The molecule has 0 fully saturated rings. The molecule has 1 N–H and O–H groups in total. The van der Waals surface area contributed by atoms with Gasteiger partial charge in [0.25, 0.3) is 0 Å². The maximum absolute atomic E-state index is 12.1. The van der Waals surface area contributed by atoms with Gasteiger partial charge >= 0.3 is 0 Å². The zero-order valence-corrected chi connectivity index (χ0v) is 13.0. The second-order valence-corrected chi connectivity index (χ2v) is 8.81. The lowest BCUT2D eigenvalue weighted by atomic mass is 9.65. The van der Waals surface area contributed by atoms with Gasteiger partial charge in [-0.05, 0) is 32.1 Å². The highest BCUT2D eigenvalue weighted by molar-refractivity contribution is 7.92. The van der Waals surface area contributed by atoms with Crippen molar-refractivity contribution >= 4 is 9.84 Å². The van der Waals surface area contributed by atoms with Gasteiger partial charge in [0.1, 0.15) is 5.25 Å². The highest BCUT2D eigenvalue weighted by atomic mass is 32.2. The number of aliphatic hydroxyl groups is 1. The third-order valence-electron chi connectivity index (χ3n) is 4.71. The van der Waals surface area contributed by atoms with E-state index in [0.29, 0.717) is 0 Å². The lowest BCUT2D eigenvalue weighted by Gasteiger charge is -2.43. The summed E-state index contributed by atoms with van der Waals surface area (Å²) in [4.78, 5) is 0. The Morgan fingerprint density at radius 2 is 1.89 bits per heavy atom. The molecule has 0 saturated heterocycles. The summed E-state index contributed by atoms with van der Waals surface area (Å²) in [6.45, 7) is 8.07. The Hall–Kier alpha value is -0.610. The average molecular weight is 284 g/mol. The average Bonchev–Trinajstić information content (AvgIpc) is 2.51. The van der Waals surface area contributed by atoms with Crippen LogP contribution in [0, 0.1) is 11.3 Å². The van der Waals surface area contributed by atoms with Crippen molar-refractivity contribution in [2.45, 2.75) is 51.9 Å². The Morgan fingerprint density at radius 1 is 1.26 bits per heavy atom. The molecule has 0 saturated carbocycles. The third-order valence-corrected chi connectivity index (χ3v) is 6.77. The molecule has 1 heterocycles. The number of hydrogen-bond donors (Lipinski definition) is 1. The van der Waals surface area contributed by atoms with E-state index in [1.54, 1.807) is 6.08 Å². The Bertz CT molecular complexity index is 526. The number of sulfone groups is 1. The minimum atomic E-state index is -3.23. The fourth-order valence-corrected chi connectivity index (χ4v) is 5.66. The largest absolute Gasteiger partial charge is 0.391 e.